The molecule has 12 nitrogen and oxygen atoms in total. The third-order valence-electron chi connectivity index (χ3n) is 5.78. The van der Waals surface area contributed by atoms with Gasteiger partial charge >= 0.3 is 12.1 Å². The summed E-state index contributed by atoms with van der Waals surface area (Å²) in [7, 11) is 0. The topological polar surface area (TPSA) is 165 Å². The minimum absolute atomic E-state index is 0.0456. The number of nitrogens with one attached hydrogen (secondary N) is 2. The number of piperazine rings is 1. The van der Waals surface area contributed by atoms with Crippen LogP contribution in [0.4, 0.5) is 10.6 Å². The van der Waals surface area contributed by atoms with Gasteiger partial charge in [0.05, 0.1) is 0 Å². The van der Waals surface area contributed by atoms with Gasteiger partial charge in [0.1, 0.15) is 17.6 Å². The summed E-state index contributed by atoms with van der Waals surface area (Å²) in [5, 5.41) is 24.1. The summed E-state index contributed by atoms with van der Waals surface area (Å²) in [5.74, 6) is -1.19. The predicted molar refractivity (Wildman–Crippen MR) is 135 cm³/mol. The van der Waals surface area contributed by atoms with Crippen molar-refractivity contribution in [3.8, 4) is 11.4 Å². The van der Waals surface area contributed by atoms with Crippen LogP contribution in [0.3, 0.4) is 0 Å². The Morgan fingerprint density at radius 2 is 1.62 bits per heavy atom. The van der Waals surface area contributed by atoms with Gasteiger partial charge in [-0.15, -0.1) is 0 Å². The monoisotopic (exact) mass is 512 g/mol. The predicted octanol–water partition coefficient (Wildman–Crippen LogP) is 2.14. The van der Waals surface area contributed by atoms with Gasteiger partial charge in [0.2, 0.25) is 5.91 Å². The Hall–Kier alpha value is -4.22. The highest BCUT2D eigenvalue weighted by Crippen LogP contribution is 2.19. The summed E-state index contributed by atoms with van der Waals surface area (Å²) in [5.41, 5.74) is 0.776. The number of amides is 3. The number of carboxylic acid groups (broad SMARTS) is 2. The van der Waals surface area contributed by atoms with E-state index in [-0.39, 0.29) is 63.1 Å². The molecule has 1 aliphatic heterocycles. The van der Waals surface area contributed by atoms with E-state index in [1.807, 2.05) is 44.2 Å². The number of anilines is 1. The van der Waals surface area contributed by atoms with Crippen molar-refractivity contribution < 1.29 is 29.4 Å². The SMILES string of the molecule is CC(C)Nc1cc(C(=O)N[C@@H](CCCC(=O)O)C(=O)N2CCN(C(=O)O)CC2)nc(-c2ccccc2)n1. The van der Waals surface area contributed by atoms with Gasteiger partial charge < -0.3 is 30.6 Å². The standard InChI is InChI=1S/C25H32N6O6/c1-16(2)26-20-15-19(27-22(29-20)17-7-4-3-5-8-17)23(34)28-18(9-6-10-21(32)33)24(35)30-11-13-31(14-12-30)25(36)37/h3-5,7-8,15-16,18H,6,9-14H2,1-2H3,(H,28,34)(H,32,33)(H,36,37)(H,26,27,29)/t18-/m0/s1. The summed E-state index contributed by atoms with van der Waals surface area (Å²) in [6.07, 6.45) is -0.910. The Labute approximate surface area is 214 Å². The van der Waals surface area contributed by atoms with E-state index in [0.717, 1.165) is 0 Å². The van der Waals surface area contributed by atoms with E-state index in [0.29, 0.717) is 17.2 Å². The van der Waals surface area contributed by atoms with Crippen LogP contribution in [-0.2, 0) is 9.59 Å². The summed E-state index contributed by atoms with van der Waals surface area (Å²) in [4.78, 5) is 60.4. The number of aromatic nitrogens is 2. The van der Waals surface area contributed by atoms with Crippen molar-refractivity contribution in [1.82, 2.24) is 25.1 Å². The van der Waals surface area contributed by atoms with E-state index in [1.54, 1.807) is 0 Å². The number of hydrogen-bond acceptors (Lipinski definition) is 7. The van der Waals surface area contributed by atoms with Crippen LogP contribution < -0.4 is 10.6 Å². The van der Waals surface area contributed by atoms with Crippen LogP contribution in [0.1, 0.15) is 43.6 Å². The van der Waals surface area contributed by atoms with Crippen molar-refractivity contribution in [2.45, 2.75) is 45.2 Å². The maximum Gasteiger partial charge on any atom is 0.407 e. The molecule has 0 bridgehead atoms. The van der Waals surface area contributed by atoms with E-state index < -0.39 is 24.0 Å². The van der Waals surface area contributed by atoms with Gasteiger partial charge in [-0.2, -0.15) is 0 Å². The number of carboxylic acids is 1. The molecule has 0 aliphatic carbocycles. The average Bonchev–Trinajstić information content (AvgIpc) is 2.87. The molecule has 2 aromatic rings. The molecule has 0 radical (unpaired) electrons. The fourth-order valence-electron chi connectivity index (χ4n) is 3.94. The van der Waals surface area contributed by atoms with Crippen molar-refractivity contribution in [1.29, 1.82) is 0 Å². The van der Waals surface area contributed by atoms with E-state index in [2.05, 4.69) is 20.6 Å². The number of benzene rings is 1. The molecule has 1 aromatic carbocycles. The summed E-state index contributed by atoms with van der Waals surface area (Å²) >= 11 is 0. The molecule has 37 heavy (non-hydrogen) atoms. The molecule has 12 heteroatoms. The molecule has 0 saturated carbocycles. The molecule has 0 unspecified atom stereocenters. The van der Waals surface area contributed by atoms with Crippen LogP contribution in [0.2, 0.25) is 0 Å². The first-order valence-electron chi connectivity index (χ1n) is 12.1. The molecule has 4 N–H and O–H groups in total. The molecule has 3 amide bonds. The fraction of sp³-hybridized carbons (Fsp3) is 0.440. The van der Waals surface area contributed by atoms with E-state index in [1.165, 1.54) is 15.9 Å². The molecular formula is C25H32N6O6. The van der Waals surface area contributed by atoms with Gasteiger partial charge in [-0.05, 0) is 26.7 Å². The first-order valence-corrected chi connectivity index (χ1v) is 12.1. The van der Waals surface area contributed by atoms with Crippen molar-refractivity contribution >= 4 is 29.7 Å². The smallest absolute Gasteiger partial charge is 0.407 e. The van der Waals surface area contributed by atoms with Crippen LogP contribution in [0, 0.1) is 0 Å². The molecule has 1 atom stereocenters. The Bertz CT molecular complexity index is 1120. The van der Waals surface area contributed by atoms with Crippen LogP contribution in [-0.4, -0.2) is 92.1 Å². The normalized spacial score (nSPS) is 14.2. The van der Waals surface area contributed by atoms with Gasteiger partial charge in [0.15, 0.2) is 5.82 Å². The minimum atomic E-state index is -1.05. The zero-order valence-corrected chi connectivity index (χ0v) is 20.9. The third kappa shape index (κ3) is 7.89. The second kappa shape index (κ2) is 12.7. The van der Waals surface area contributed by atoms with Gasteiger partial charge in [0.25, 0.3) is 5.91 Å². The Morgan fingerprint density at radius 3 is 2.22 bits per heavy atom. The molecule has 1 fully saturated rings. The highest BCUT2D eigenvalue weighted by Gasteiger charge is 2.30. The molecule has 2 heterocycles. The lowest BCUT2D eigenvalue weighted by molar-refractivity contribution is -0.138. The van der Waals surface area contributed by atoms with Gasteiger partial charge in [-0.1, -0.05) is 30.3 Å². The highest BCUT2D eigenvalue weighted by molar-refractivity contribution is 5.97. The molecule has 1 aliphatic rings. The van der Waals surface area contributed by atoms with Gasteiger partial charge in [-0.3, -0.25) is 14.4 Å². The third-order valence-corrected chi connectivity index (χ3v) is 5.78. The summed E-state index contributed by atoms with van der Waals surface area (Å²) in [6.45, 7) is 4.56. The average molecular weight is 513 g/mol. The van der Waals surface area contributed by atoms with Crippen molar-refractivity contribution in [2.75, 3.05) is 31.5 Å². The number of aliphatic carboxylic acids is 1. The van der Waals surface area contributed by atoms with Crippen molar-refractivity contribution in [3.63, 3.8) is 0 Å². The number of nitrogens with zero attached hydrogens (tertiary/aromatic N) is 4. The molecular weight excluding hydrogens is 480 g/mol. The van der Waals surface area contributed by atoms with Crippen LogP contribution in [0.15, 0.2) is 36.4 Å². The zero-order valence-electron chi connectivity index (χ0n) is 20.9. The fourth-order valence-corrected chi connectivity index (χ4v) is 3.94. The molecule has 1 saturated heterocycles. The van der Waals surface area contributed by atoms with E-state index in [4.69, 9.17) is 10.2 Å². The lowest BCUT2D eigenvalue weighted by Crippen LogP contribution is -2.55. The molecule has 1 aromatic heterocycles. The quantitative estimate of drug-likeness (QED) is 0.373. The molecule has 198 valence electrons. The van der Waals surface area contributed by atoms with Crippen molar-refractivity contribution in [2.24, 2.45) is 0 Å². The summed E-state index contributed by atoms with van der Waals surface area (Å²) in [6, 6.07) is 9.74. The Morgan fingerprint density at radius 1 is 0.973 bits per heavy atom. The highest BCUT2D eigenvalue weighted by atomic mass is 16.4. The van der Waals surface area contributed by atoms with Crippen LogP contribution >= 0.6 is 0 Å². The lowest BCUT2D eigenvalue weighted by Gasteiger charge is -2.35. The van der Waals surface area contributed by atoms with Gasteiger partial charge in [-0.25, -0.2) is 14.8 Å². The second-order valence-corrected chi connectivity index (χ2v) is 9.03. The largest absolute Gasteiger partial charge is 0.481 e. The van der Waals surface area contributed by atoms with Crippen molar-refractivity contribution in [3.05, 3.63) is 42.1 Å². The number of carbonyl (C=O) groups is 4. The number of rotatable bonds is 10. The Kier molecular flexibility index (Phi) is 9.36. The van der Waals surface area contributed by atoms with E-state index >= 15 is 0 Å². The first kappa shape index (κ1) is 27.4. The summed E-state index contributed by atoms with van der Waals surface area (Å²) < 4.78 is 0. The minimum Gasteiger partial charge on any atom is -0.481 e. The van der Waals surface area contributed by atoms with Crippen LogP contribution in [0.25, 0.3) is 11.4 Å². The Balaban J connectivity index is 1.82. The molecule has 0 spiro atoms. The maximum absolute atomic E-state index is 13.3. The first-order chi connectivity index (χ1) is 17.6. The number of carbonyl (C=O) groups excluding carboxylic acids is 2. The van der Waals surface area contributed by atoms with Gasteiger partial charge in [0, 0.05) is 50.3 Å². The zero-order chi connectivity index (χ0) is 26.9. The van der Waals surface area contributed by atoms with E-state index in [9.17, 15) is 19.2 Å². The maximum atomic E-state index is 13.3. The van der Waals surface area contributed by atoms with Crippen LogP contribution in [0.5, 0.6) is 0 Å². The lowest BCUT2D eigenvalue weighted by atomic mass is 10.1. The molecule has 3 rings (SSSR count). The second-order valence-electron chi connectivity index (χ2n) is 9.03. The number of hydrogen-bond donors (Lipinski definition) is 4.